The van der Waals surface area contributed by atoms with Gasteiger partial charge in [0.15, 0.2) is 0 Å². The molecule has 0 bridgehead atoms. The van der Waals surface area contributed by atoms with Crippen molar-refractivity contribution in [3.8, 4) is 0 Å². The maximum absolute atomic E-state index is 8.82. The van der Waals surface area contributed by atoms with Crippen LogP contribution in [0.15, 0.2) is 0 Å². The Bertz CT molecular complexity index is 99.2. The summed E-state index contributed by atoms with van der Waals surface area (Å²) in [5.74, 6) is 0. The van der Waals surface area contributed by atoms with Gasteiger partial charge in [-0.1, -0.05) is 0 Å². The third-order valence-corrected chi connectivity index (χ3v) is 0. The van der Waals surface area contributed by atoms with Crippen LogP contribution in [0.3, 0.4) is 0 Å². The topological polar surface area (TPSA) is 74.6 Å². The Balaban J connectivity index is -0.0000000267. The molecule has 44 valence electrons. The van der Waals surface area contributed by atoms with Gasteiger partial charge in [0.1, 0.15) is 0 Å². The molecule has 0 atom stereocenters. The zero-order valence-electron chi connectivity index (χ0n) is 4.44. The van der Waals surface area contributed by atoms with E-state index < -0.39 is 13.6 Å². The van der Waals surface area contributed by atoms with Crippen molar-refractivity contribution in [1.82, 2.24) is 0 Å². The molecule has 4 nitrogen and oxygen atoms in total. The molecule has 0 aliphatic rings. The molecule has 0 amide bonds. The van der Waals surface area contributed by atoms with Crippen LogP contribution in [0.4, 0.5) is 0 Å². The van der Waals surface area contributed by atoms with E-state index in [4.69, 9.17) is 15.9 Å². The molecule has 2 N–H and O–H groups in total. The molecule has 0 aromatic heterocycles. The molecular formula is H3CrLiNiO4. The summed E-state index contributed by atoms with van der Waals surface area (Å²) >= 11 is -5.25. The molecule has 0 heterocycles. The normalized spacial score (nSPS) is 8.29. The summed E-state index contributed by atoms with van der Waals surface area (Å²) in [7, 11) is 0. The number of rotatable bonds is 0. The van der Waals surface area contributed by atoms with Crippen molar-refractivity contribution in [2.45, 2.75) is 0 Å². The van der Waals surface area contributed by atoms with E-state index in [0.717, 1.165) is 0 Å². The molecule has 7 heavy (non-hydrogen) atoms. The monoisotopic (exact) mass is 184 g/mol. The third kappa shape index (κ3) is 145. The second kappa shape index (κ2) is 5.28. The van der Waals surface area contributed by atoms with E-state index in [0.29, 0.717) is 0 Å². The Hall–Kier alpha value is 1.14. The first kappa shape index (κ1) is 15.7. The zero-order valence-corrected chi connectivity index (χ0v) is 5.70. The van der Waals surface area contributed by atoms with Crippen LogP contribution in [0.1, 0.15) is 1.43 Å². The van der Waals surface area contributed by atoms with Crippen molar-refractivity contribution in [2.24, 2.45) is 0 Å². The Kier molecular flexibility index (Phi) is 11.9. The molecule has 0 aromatic carbocycles. The first-order chi connectivity index (χ1) is 2.00. The number of hydrogen-bond acceptors (Lipinski definition) is 2. The van der Waals surface area contributed by atoms with Crippen molar-refractivity contribution < 1.29 is 66.3 Å². The van der Waals surface area contributed by atoms with Gasteiger partial charge in [-0.05, 0) is 0 Å². The molecule has 7 heteroatoms. The minimum absolute atomic E-state index is 0. The Morgan fingerprint density at radius 2 is 1.29 bits per heavy atom. The zero-order chi connectivity index (χ0) is 4.50. The minimum atomic E-state index is -5.25. The molecule has 0 aromatic rings. The molecule has 0 aliphatic carbocycles. The van der Waals surface area contributed by atoms with Gasteiger partial charge in [0.25, 0.3) is 0 Å². The van der Waals surface area contributed by atoms with Crippen molar-refractivity contribution in [3.05, 3.63) is 0 Å². The molecule has 0 radical (unpaired) electrons. The SMILES string of the molecule is [H-].[Li+].[Ni].[O]=[Cr](=[O])([OH])[OH]. The van der Waals surface area contributed by atoms with Crippen LogP contribution in [-0.2, 0) is 37.7 Å². The van der Waals surface area contributed by atoms with Crippen molar-refractivity contribution >= 4 is 0 Å². The summed E-state index contributed by atoms with van der Waals surface area (Å²) in [6.45, 7) is 0. The van der Waals surface area contributed by atoms with Crippen LogP contribution >= 0.6 is 0 Å². The quantitative estimate of drug-likeness (QED) is 0.374. The van der Waals surface area contributed by atoms with E-state index >= 15 is 0 Å². The van der Waals surface area contributed by atoms with Crippen molar-refractivity contribution in [3.63, 3.8) is 0 Å². The fourth-order valence-corrected chi connectivity index (χ4v) is 0. The summed E-state index contributed by atoms with van der Waals surface area (Å²) in [6.07, 6.45) is 0. The molecule has 0 aliphatic heterocycles. The van der Waals surface area contributed by atoms with Crippen LogP contribution in [0, 0.1) is 0 Å². The summed E-state index contributed by atoms with van der Waals surface area (Å²) in [5.41, 5.74) is 0. The van der Waals surface area contributed by atoms with Crippen LogP contribution in [-0.4, -0.2) is 8.32 Å². The molecule has 0 unspecified atom stereocenters. The van der Waals surface area contributed by atoms with Crippen LogP contribution < -0.4 is 18.9 Å². The summed E-state index contributed by atoms with van der Waals surface area (Å²) in [6, 6.07) is 0. The van der Waals surface area contributed by atoms with E-state index in [-0.39, 0.29) is 36.8 Å². The van der Waals surface area contributed by atoms with Gasteiger partial charge in [0, 0.05) is 16.5 Å². The molecular weight excluding hydrogens is 182 g/mol. The van der Waals surface area contributed by atoms with Gasteiger partial charge in [-0.2, -0.15) is 0 Å². The van der Waals surface area contributed by atoms with Gasteiger partial charge < -0.3 is 1.43 Å². The Morgan fingerprint density at radius 3 is 1.29 bits per heavy atom. The van der Waals surface area contributed by atoms with E-state index in [9.17, 15) is 0 Å². The van der Waals surface area contributed by atoms with Crippen molar-refractivity contribution in [2.75, 3.05) is 0 Å². The Morgan fingerprint density at radius 1 is 1.29 bits per heavy atom. The second-order valence-electron chi connectivity index (χ2n) is 0.448. The third-order valence-electron chi connectivity index (χ3n) is 0. The fraction of sp³-hybridized carbons (Fsp3) is 0. The van der Waals surface area contributed by atoms with E-state index in [2.05, 4.69) is 0 Å². The van der Waals surface area contributed by atoms with Crippen molar-refractivity contribution in [1.29, 1.82) is 0 Å². The molecule has 0 fully saturated rings. The summed E-state index contributed by atoms with van der Waals surface area (Å²) < 4.78 is 31.9. The van der Waals surface area contributed by atoms with Gasteiger partial charge in [0.2, 0.25) is 0 Å². The second-order valence-corrected chi connectivity index (χ2v) is 1.85. The van der Waals surface area contributed by atoms with Crippen LogP contribution in [0.25, 0.3) is 0 Å². The average molecular weight is 185 g/mol. The van der Waals surface area contributed by atoms with Crippen LogP contribution in [0.5, 0.6) is 0 Å². The van der Waals surface area contributed by atoms with E-state index in [1.807, 2.05) is 0 Å². The predicted molar refractivity (Wildman–Crippen MR) is 6.92 cm³/mol. The van der Waals surface area contributed by atoms with E-state index in [1.54, 1.807) is 0 Å². The van der Waals surface area contributed by atoms with Gasteiger partial charge in [-0.15, -0.1) is 0 Å². The van der Waals surface area contributed by atoms with Gasteiger partial charge >= 0.3 is 48.4 Å². The molecule has 0 spiro atoms. The van der Waals surface area contributed by atoms with Gasteiger partial charge in [-0.3, -0.25) is 0 Å². The fourth-order valence-electron chi connectivity index (χ4n) is 0. The number of hydrogen-bond donors (Lipinski definition) is 2. The van der Waals surface area contributed by atoms with Gasteiger partial charge in [-0.25, -0.2) is 0 Å². The van der Waals surface area contributed by atoms with Crippen LogP contribution in [0.2, 0.25) is 0 Å². The average Bonchev–Trinajstić information content (AvgIpc) is 0.722. The summed E-state index contributed by atoms with van der Waals surface area (Å²) in [4.78, 5) is 0. The standard InChI is InChI=1S/Cr.Li.Ni.2H2O.2O.H/h;;;2*1H2;;;/q+2;+1;;;;;;-1/p-2. The van der Waals surface area contributed by atoms with Gasteiger partial charge in [0.05, 0.1) is 0 Å². The van der Waals surface area contributed by atoms with E-state index in [1.165, 1.54) is 0 Å². The molecule has 0 rings (SSSR count). The summed E-state index contributed by atoms with van der Waals surface area (Å²) in [5, 5.41) is 0. The molecule has 0 saturated heterocycles. The maximum atomic E-state index is 8.82. The predicted octanol–water partition coefficient (Wildman–Crippen LogP) is -4.24. The first-order valence-electron chi connectivity index (χ1n) is 0.698. The first-order valence-corrected chi connectivity index (χ1v) is 2.88. The Labute approximate surface area is 66.3 Å². The molecule has 0 saturated carbocycles.